The highest BCUT2D eigenvalue weighted by atomic mass is 15.3. The summed E-state index contributed by atoms with van der Waals surface area (Å²) in [6.07, 6.45) is 8.52. The van der Waals surface area contributed by atoms with Gasteiger partial charge >= 0.3 is 0 Å². The molecule has 4 atom stereocenters. The Kier molecular flexibility index (Phi) is 4.68. The largest absolute Gasteiger partial charge is 0.314 e. The molecular weight excluding hydrogens is 246 g/mol. The van der Waals surface area contributed by atoms with Gasteiger partial charge in [-0.15, -0.1) is 0 Å². The van der Waals surface area contributed by atoms with Crippen LogP contribution in [0.15, 0.2) is 0 Å². The zero-order chi connectivity index (χ0) is 14.1. The number of nitrogens with zero attached hydrogens (tertiary/aromatic N) is 2. The van der Waals surface area contributed by atoms with Crippen LogP contribution in [0.2, 0.25) is 0 Å². The minimum atomic E-state index is 0.785. The van der Waals surface area contributed by atoms with Crippen LogP contribution < -0.4 is 5.32 Å². The van der Waals surface area contributed by atoms with Gasteiger partial charge < -0.3 is 10.2 Å². The SMILES string of the molecule is CCNC1CC2CCCC(C1)N2C1CCN(C)CC1C. The van der Waals surface area contributed by atoms with Crippen molar-refractivity contribution in [3.8, 4) is 0 Å². The molecule has 20 heavy (non-hydrogen) atoms. The van der Waals surface area contributed by atoms with Gasteiger partial charge in [-0.25, -0.2) is 0 Å². The molecule has 3 fully saturated rings. The Labute approximate surface area is 125 Å². The number of fused-ring (bicyclic) bond motifs is 2. The molecule has 116 valence electrons. The lowest BCUT2D eigenvalue weighted by molar-refractivity contribution is -0.0475. The van der Waals surface area contributed by atoms with Crippen molar-refractivity contribution in [2.24, 2.45) is 5.92 Å². The molecule has 0 aromatic carbocycles. The van der Waals surface area contributed by atoms with Crippen LogP contribution in [-0.4, -0.2) is 60.6 Å². The van der Waals surface area contributed by atoms with Crippen molar-refractivity contribution >= 4 is 0 Å². The molecule has 4 unspecified atom stereocenters. The van der Waals surface area contributed by atoms with E-state index in [1.165, 1.54) is 51.6 Å². The number of rotatable bonds is 3. The van der Waals surface area contributed by atoms with E-state index >= 15 is 0 Å². The van der Waals surface area contributed by atoms with E-state index in [0.717, 1.165) is 36.6 Å². The summed E-state index contributed by atoms with van der Waals surface area (Å²) >= 11 is 0. The standard InChI is InChI=1S/C17H33N3/c1-4-18-14-10-15-6-5-7-16(11-14)20(15)17-8-9-19(3)12-13(17)2/h13-18H,4-12H2,1-3H3. The zero-order valence-corrected chi connectivity index (χ0v) is 13.6. The third-order valence-electron chi connectivity index (χ3n) is 5.97. The highest BCUT2D eigenvalue weighted by Crippen LogP contribution is 2.38. The molecule has 3 aliphatic heterocycles. The lowest BCUT2D eigenvalue weighted by atomic mass is 9.78. The van der Waals surface area contributed by atoms with Gasteiger partial charge in [-0.3, -0.25) is 4.90 Å². The fraction of sp³-hybridized carbons (Fsp3) is 1.00. The molecule has 3 rings (SSSR count). The van der Waals surface area contributed by atoms with Gasteiger partial charge in [-0.05, 0) is 58.2 Å². The molecule has 0 aromatic rings. The maximum Gasteiger partial charge on any atom is 0.0151 e. The second-order valence-electron chi connectivity index (χ2n) is 7.51. The summed E-state index contributed by atoms with van der Waals surface area (Å²) in [6.45, 7) is 8.45. The maximum atomic E-state index is 3.72. The van der Waals surface area contributed by atoms with E-state index < -0.39 is 0 Å². The molecule has 1 N–H and O–H groups in total. The first kappa shape index (κ1) is 14.8. The minimum absolute atomic E-state index is 0.785. The molecule has 0 saturated carbocycles. The molecule has 0 aliphatic carbocycles. The van der Waals surface area contributed by atoms with E-state index in [1.54, 1.807) is 0 Å². The number of likely N-dealkylation sites (tertiary alicyclic amines) is 1. The number of nitrogens with one attached hydrogen (secondary N) is 1. The first-order chi connectivity index (χ1) is 9.69. The van der Waals surface area contributed by atoms with Gasteiger partial charge in [-0.1, -0.05) is 20.3 Å². The van der Waals surface area contributed by atoms with Gasteiger partial charge in [0, 0.05) is 30.7 Å². The van der Waals surface area contributed by atoms with Gasteiger partial charge in [0.1, 0.15) is 0 Å². The van der Waals surface area contributed by atoms with Crippen LogP contribution in [0.25, 0.3) is 0 Å². The maximum absolute atomic E-state index is 3.72. The van der Waals surface area contributed by atoms with Crippen LogP contribution >= 0.6 is 0 Å². The lowest BCUT2D eigenvalue weighted by Crippen LogP contribution is -2.62. The molecule has 0 spiro atoms. The molecule has 0 radical (unpaired) electrons. The van der Waals surface area contributed by atoms with Crippen LogP contribution in [0.3, 0.4) is 0 Å². The third-order valence-corrected chi connectivity index (χ3v) is 5.97. The topological polar surface area (TPSA) is 18.5 Å². The minimum Gasteiger partial charge on any atom is -0.314 e. The highest BCUT2D eigenvalue weighted by Gasteiger charge is 2.43. The summed E-state index contributed by atoms with van der Waals surface area (Å²) < 4.78 is 0. The fourth-order valence-electron chi connectivity index (χ4n) is 5.20. The van der Waals surface area contributed by atoms with Crippen LogP contribution in [0.5, 0.6) is 0 Å². The fourth-order valence-corrected chi connectivity index (χ4v) is 5.20. The second kappa shape index (κ2) is 6.33. The van der Waals surface area contributed by atoms with E-state index in [1.807, 2.05) is 0 Å². The smallest absolute Gasteiger partial charge is 0.0151 e. The van der Waals surface area contributed by atoms with E-state index in [4.69, 9.17) is 0 Å². The predicted molar refractivity (Wildman–Crippen MR) is 85.0 cm³/mol. The number of hydrogen-bond donors (Lipinski definition) is 1. The third kappa shape index (κ3) is 2.90. The average molecular weight is 279 g/mol. The van der Waals surface area contributed by atoms with Crippen molar-refractivity contribution in [1.29, 1.82) is 0 Å². The Balaban J connectivity index is 1.70. The quantitative estimate of drug-likeness (QED) is 0.855. The Bertz CT molecular complexity index is 305. The van der Waals surface area contributed by atoms with Crippen molar-refractivity contribution in [3.63, 3.8) is 0 Å². The molecular formula is C17H33N3. The van der Waals surface area contributed by atoms with Crippen molar-refractivity contribution in [2.75, 3.05) is 26.7 Å². The van der Waals surface area contributed by atoms with Crippen molar-refractivity contribution in [2.45, 2.75) is 76.5 Å². The molecule has 2 bridgehead atoms. The van der Waals surface area contributed by atoms with E-state index in [-0.39, 0.29) is 0 Å². The van der Waals surface area contributed by atoms with Gasteiger partial charge in [0.2, 0.25) is 0 Å². The van der Waals surface area contributed by atoms with Crippen molar-refractivity contribution in [3.05, 3.63) is 0 Å². The van der Waals surface area contributed by atoms with Crippen molar-refractivity contribution < 1.29 is 0 Å². The molecule has 0 aromatic heterocycles. The summed E-state index contributed by atoms with van der Waals surface area (Å²) in [5, 5.41) is 3.72. The Morgan fingerprint density at radius 2 is 1.80 bits per heavy atom. The Hall–Kier alpha value is -0.120. The molecule has 3 heterocycles. The monoisotopic (exact) mass is 279 g/mol. The van der Waals surface area contributed by atoms with Crippen LogP contribution in [0, 0.1) is 5.92 Å². The summed E-state index contributed by atoms with van der Waals surface area (Å²) in [5.74, 6) is 0.840. The average Bonchev–Trinajstić information content (AvgIpc) is 2.39. The van der Waals surface area contributed by atoms with Gasteiger partial charge in [0.15, 0.2) is 0 Å². The Morgan fingerprint density at radius 3 is 2.40 bits per heavy atom. The number of hydrogen-bond acceptors (Lipinski definition) is 3. The van der Waals surface area contributed by atoms with Crippen LogP contribution in [-0.2, 0) is 0 Å². The van der Waals surface area contributed by atoms with E-state index in [0.29, 0.717) is 0 Å². The normalized spacial score (nSPS) is 43.6. The summed E-state index contributed by atoms with van der Waals surface area (Å²) in [4.78, 5) is 5.50. The highest BCUT2D eigenvalue weighted by molar-refractivity contribution is 4.99. The predicted octanol–water partition coefficient (Wildman–Crippen LogP) is 2.32. The number of piperidine rings is 3. The second-order valence-corrected chi connectivity index (χ2v) is 7.51. The van der Waals surface area contributed by atoms with Gasteiger partial charge in [0.05, 0.1) is 0 Å². The Morgan fingerprint density at radius 1 is 1.10 bits per heavy atom. The van der Waals surface area contributed by atoms with E-state index in [2.05, 4.69) is 36.0 Å². The summed E-state index contributed by atoms with van der Waals surface area (Å²) in [6, 6.07) is 3.36. The van der Waals surface area contributed by atoms with Crippen LogP contribution in [0.1, 0.15) is 52.4 Å². The van der Waals surface area contributed by atoms with Gasteiger partial charge in [0.25, 0.3) is 0 Å². The van der Waals surface area contributed by atoms with Crippen LogP contribution in [0.4, 0.5) is 0 Å². The molecule has 3 saturated heterocycles. The first-order valence-electron chi connectivity index (χ1n) is 8.88. The molecule has 3 heteroatoms. The summed E-state index contributed by atoms with van der Waals surface area (Å²) in [7, 11) is 2.28. The zero-order valence-electron chi connectivity index (χ0n) is 13.6. The van der Waals surface area contributed by atoms with Crippen molar-refractivity contribution in [1.82, 2.24) is 15.1 Å². The molecule has 3 nitrogen and oxygen atoms in total. The molecule has 0 amide bonds. The summed E-state index contributed by atoms with van der Waals surface area (Å²) in [5.41, 5.74) is 0. The first-order valence-corrected chi connectivity index (χ1v) is 8.88. The van der Waals surface area contributed by atoms with Gasteiger partial charge in [-0.2, -0.15) is 0 Å². The molecule has 3 aliphatic rings. The lowest BCUT2D eigenvalue weighted by Gasteiger charge is -2.55. The van der Waals surface area contributed by atoms with E-state index in [9.17, 15) is 0 Å².